The molecule has 0 fully saturated rings. The summed E-state index contributed by atoms with van der Waals surface area (Å²) in [6.45, 7) is 2.56. The minimum absolute atomic E-state index is 0.0456. The van der Waals surface area contributed by atoms with E-state index in [2.05, 4.69) is 5.32 Å². The van der Waals surface area contributed by atoms with Crippen LogP contribution in [-0.2, 0) is 11.3 Å². The van der Waals surface area contributed by atoms with Crippen molar-refractivity contribution in [3.05, 3.63) is 58.1 Å². The molecule has 0 atom stereocenters. The lowest BCUT2D eigenvalue weighted by atomic mass is 10.1. The van der Waals surface area contributed by atoms with Crippen molar-refractivity contribution >= 4 is 23.6 Å². The van der Waals surface area contributed by atoms with Gasteiger partial charge in [0.1, 0.15) is 17.4 Å². The Morgan fingerprint density at radius 2 is 1.93 bits per heavy atom. The van der Waals surface area contributed by atoms with Gasteiger partial charge >= 0.3 is 0 Å². The Hall–Kier alpha value is -3.17. The Balaban J connectivity index is 2.16. The van der Waals surface area contributed by atoms with E-state index in [0.29, 0.717) is 28.7 Å². The summed E-state index contributed by atoms with van der Waals surface area (Å²) >= 11 is 6.24. The highest BCUT2D eigenvalue weighted by molar-refractivity contribution is 6.32. The second-order valence-corrected chi connectivity index (χ2v) is 6.07. The van der Waals surface area contributed by atoms with E-state index in [4.69, 9.17) is 25.8 Å². The van der Waals surface area contributed by atoms with E-state index in [-0.39, 0.29) is 12.1 Å². The van der Waals surface area contributed by atoms with Crippen molar-refractivity contribution in [2.24, 2.45) is 0 Å². The third-order valence-corrected chi connectivity index (χ3v) is 4.11. The molecule has 2 aromatic rings. The standard InChI is InChI=1S/C21H21ClN2O4/c1-4-28-20-18(22)10-15(11-19(20)27-3)9-16(12-23)21(25)24-13-14-5-7-17(26-2)8-6-14/h5-11H,4,13H2,1-3H3,(H,24,25)/b16-9-. The molecule has 1 N–H and O–H groups in total. The summed E-state index contributed by atoms with van der Waals surface area (Å²) in [6.07, 6.45) is 1.45. The average molecular weight is 401 g/mol. The number of ether oxygens (including phenoxy) is 3. The van der Waals surface area contributed by atoms with Gasteiger partial charge in [-0.05, 0) is 48.4 Å². The summed E-state index contributed by atoms with van der Waals surface area (Å²) in [7, 11) is 3.08. The van der Waals surface area contributed by atoms with Crippen molar-refractivity contribution < 1.29 is 19.0 Å². The molecule has 28 heavy (non-hydrogen) atoms. The maximum absolute atomic E-state index is 12.4. The number of rotatable bonds is 8. The van der Waals surface area contributed by atoms with Crippen LogP contribution < -0.4 is 19.5 Å². The summed E-state index contributed by atoms with van der Waals surface area (Å²) in [5.41, 5.74) is 1.40. The fourth-order valence-electron chi connectivity index (χ4n) is 2.44. The van der Waals surface area contributed by atoms with Crippen LogP contribution in [0.2, 0.25) is 5.02 Å². The molecule has 2 aromatic carbocycles. The Bertz CT molecular complexity index is 902. The van der Waals surface area contributed by atoms with Gasteiger partial charge in [-0.1, -0.05) is 23.7 Å². The molecule has 7 heteroatoms. The average Bonchev–Trinajstić information content (AvgIpc) is 2.72. The quantitative estimate of drug-likeness (QED) is 0.535. The molecule has 0 bridgehead atoms. The van der Waals surface area contributed by atoms with Crippen LogP contribution in [0.15, 0.2) is 42.0 Å². The highest BCUT2D eigenvalue weighted by atomic mass is 35.5. The van der Waals surface area contributed by atoms with E-state index in [1.165, 1.54) is 13.2 Å². The first-order valence-electron chi connectivity index (χ1n) is 8.55. The zero-order valence-corrected chi connectivity index (χ0v) is 16.7. The molecule has 6 nitrogen and oxygen atoms in total. The summed E-state index contributed by atoms with van der Waals surface area (Å²) in [5.74, 6) is 1.10. The molecule has 146 valence electrons. The summed E-state index contributed by atoms with van der Waals surface area (Å²) in [4.78, 5) is 12.4. The van der Waals surface area contributed by atoms with E-state index >= 15 is 0 Å². The second kappa shape index (κ2) is 10.2. The van der Waals surface area contributed by atoms with E-state index in [0.717, 1.165) is 11.3 Å². The molecule has 0 aliphatic rings. The highest BCUT2D eigenvalue weighted by Gasteiger charge is 2.13. The van der Waals surface area contributed by atoms with Crippen molar-refractivity contribution in [3.63, 3.8) is 0 Å². The fourth-order valence-corrected chi connectivity index (χ4v) is 2.72. The Kier molecular flexibility index (Phi) is 7.73. The molecule has 0 spiro atoms. The first kappa shape index (κ1) is 21.1. The topological polar surface area (TPSA) is 80.6 Å². The first-order chi connectivity index (χ1) is 13.5. The molecular weight excluding hydrogens is 380 g/mol. The number of hydrogen-bond donors (Lipinski definition) is 1. The summed E-state index contributed by atoms with van der Waals surface area (Å²) in [6, 6.07) is 12.5. The van der Waals surface area contributed by atoms with Crippen molar-refractivity contribution in [1.29, 1.82) is 5.26 Å². The van der Waals surface area contributed by atoms with Gasteiger partial charge in [-0.25, -0.2) is 0 Å². The second-order valence-electron chi connectivity index (χ2n) is 5.67. The molecule has 0 heterocycles. The van der Waals surface area contributed by atoms with Gasteiger partial charge in [-0.15, -0.1) is 0 Å². The Morgan fingerprint density at radius 3 is 2.50 bits per heavy atom. The number of halogens is 1. The Morgan fingerprint density at radius 1 is 1.21 bits per heavy atom. The minimum atomic E-state index is -0.484. The minimum Gasteiger partial charge on any atom is -0.497 e. The molecule has 0 aliphatic carbocycles. The molecule has 2 rings (SSSR count). The van der Waals surface area contributed by atoms with Gasteiger partial charge < -0.3 is 19.5 Å². The summed E-state index contributed by atoms with van der Waals surface area (Å²) < 4.78 is 15.9. The molecule has 0 radical (unpaired) electrons. The van der Waals surface area contributed by atoms with Gasteiger partial charge in [-0.3, -0.25) is 4.79 Å². The molecule has 0 aromatic heterocycles. The third-order valence-electron chi connectivity index (χ3n) is 3.83. The predicted octanol–water partition coefficient (Wildman–Crippen LogP) is 3.98. The number of nitrogens with zero attached hydrogens (tertiary/aromatic N) is 1. The molecule has 0 unspecified atom stereocenters. The predicted molar refractivity (Wildman–Crippen MR) is 108 cm³/mol. The number of nitrogens with one attached hydrogen (secondary N) is 1. The number of hydrogen-bond acceptors (Lipinski definition) is 5. The number of methoxy groups -OCH3 is 2. The van der Waals surface area contributed by atoms with E-state index in [9.17, 15) is 10.1 Å². The van der Waals surface area contributed by atoms with Crippen LogP contribution in [0.5, 0.6) is 17.2 Å². The van der Waals surface area contributed by atoms with Gasteiger partial charge in [0.25, 0.3) is 5.91 Å². The molecule has 0 aliphatic heterocycles. The van der Waals surface area contributed by atoms with Crippen LogP contribution in [0.25, 0.3) is 6.08 Å². The van der Waals surface area contributed by atoms with Gasteiger partial charge in [-0.2, -0.15) is 5.26 Å². The molecule has 0 saturated heterocycles. The van der Waals surface area contributed by atoms with Crippen LogP contribution in [-0.4, -0.2) is 26.7 Å². The number of benzene rings is 2. The maximum Gasteiger partial charge on any atom is 0.262 e. The van der Waals surface area contributed by atoms with Gasteiger partial charge in [0.05, 0.1) is 25.8 Å². The smallest absolute Gasteiger partial charge is 0.262 e. The first-order valence-corrected chi connectivity index (χ1v) is 8.93. The largest absolute Gasteiger partial charge is 0.497 e. The van der Waals surface area contributed by atoms with E-state index in [1.54, 1.807) is 31.4 Å². The zero-order chi connectivity index (χ0) is 20.5. The zero-order valence-electron chi connectivity index (χ0n) is 15.9. The van der Waals surface area contributed by atoms with Crippen molar-refractivity contribution in [2.45, 2.75) is 13.5 Å². The van der Waals surface area contributed by atoms with Crippen LogP contribution in [0.1, 0.15) is 18.1 Å². The molecule has 1 amide bonds. The van der Waals surface area contributed by atoms with Crippen molar-refractivity contribution in [2.75, 3.05) is 20.8 Å². The highest BCUT2D eigenvalue weighted by Crippen LogP contribution is 2.37. The lowest BCUT2D eigenvalue weighted by Crippen LogP contribution is -2.23. The number of carbonyl (C=O) groups excluding carboxylic acids is 1. The monoisotopic (exact) mass is 400 g/mol. The van der Waals surface area contributed by atoms with Gasteiger partial charge in [0.2, 0.25) is 0 Å². The van der Waals surface area contributed by atoms with Crippen LogP contribution in [0, 0.1) is 11.3 Å². The van der Waals surface area contributed by atoms with Crippen LogP contribution >= 0.6 is 11.6 Å². The molecular formula is C21H21ClN2O4. The van der Waals surface area contributed by atoms with E-state index < -0.39 is 5.91 Å². The van der Waals surface area contributed by atoms with Crippen LogP contribution in [0.4, 0.5) is 0 Å². The Labute approximate surface area is 169 Å². The normalized spacial score (nSPS) is 10.8. The van der Waals surface area contributed by atoms with Gasteiger partial charge in [0.15, 0.2) is 11.5 Å². The lowest BCUT2D eigenvalue weighted by molar-refractivity contribution is -0.117. The third kappa shape index (κ3) is 5.41. The van der Waals surface area contributed by atoms with Gasteiger partial charge in [0, 0.05) is 6.54 Å². The molecule has 0 saturated carbocycles. The fraction of sp³-hybridized carbons (Fsp3) is 0.238. The van der Waals surface area contributed by atoms with Crippen molar-refractivity contribution in [1.82, 2.24) is 5.32 Å². The van der Waals surface area contributed by atoms with E-state index in [1.807, 2.05) is 25.1 Å². The van der Waals surface area contributed by atoms with Crippen molar-refractivity contribution in [3.8, 4) is 23.3 Å². The SMILES string of the molecule is CCOc1c(Cl)cc(/C=C(/C#N)C(=O)NCc2ccc(OC)cc2)cc1OC. The summed E-state index contributed by atoms with van der Waals surface area (Å²) in [5, 5.41) is 12.4. The lowest BCUT2D eigenvalue weighted by Gasteiger charge is -2.12. The van der Waals surface area contributed by atoms with Crippen LogP contribution in [0.3, 0.4) is 0 Å². The maximum atomic E-state index is 12.4. The number of amides is 1. The number of nitriles is 1. The number of carbonyl (C=O) groups is 1.